The molecule has 1 heterocycles. The molecule has 0 spiro atoms. The Morgan fingerprint density at radius 2 is 2.29 bits per heavy atom. The predicted octanol–water partition coefficient (Wildman–Crippen LogP) is 1.09. The van der Waals surface area contributed by atoms with Crippen LogP contribution in [0.2, 0.25) is 0 Å². The minimum absolute atomic E-state index is 0.205. The van der Waals surface area contributed by atoms with E-state index in [0.29, 0.717) is 18.4 Å². The molecule has 1 atom stereocenters. The molecule has 2 rings (SSSR count). The third-order valence-electron chi connectivity index (χ3n) is 3.07. The Labute approximate surface area is 83.6 Å². The molecule has 0 bridgehead atoms. The first-order chi connectivity index (χ1) is 6.72. The van der Waals surface area contributed by atoms with E-state index in [1.54, 1.807) is 0 Å². The van der Waals surface area contributed by atoms with Crippen molar-refractivity contribution < 1.29 is 10.0 Å². The molecule has 2 aliphatic rings. The highest BCUT2D eigenvalue weighted by atomic mass is 16.4. The summed E-state index contributed by atoms with van der Waals surface area (Å²) in [7, 11) is 0. The molecule has 4 heteroatoms. The fraction of sp³-hybridized carbons (Fsp3) is 0.800. The van der Waals surface area contributed by atoms with Crippen LogP contribution in [-0.4, -0.2) is 34.8 Å². The van der Waals surface area contributed by atoms with Crippen molar-refractivity contribution in [2.45, 2.75) is 26.2 Å². The van der Waals surface area contributed by atoms with E-state index in [1.165, 1.54) is 0 Å². The molecular weight excluding hydrogens is 180 g/mol. The molecular formula is C10H16N2O2. The molecule has 2 fully saturated rings. The second-order valence-corrected chi connectivity index (χ2v) is 4.30. The van der Waals surface area contributed by atoms with Crippen LogP contribution in [-0.2, 0) is 4.79 Å². The Morgan fingerprint density at radius 1 is 1.57 bits per heavy atom. The second-order valence-electron chi connectivity index (χ2n) is 4.30. The van der Waals surface area contributed by atoms with Crippen LogP contribution in [0.4, 0.5) is 0 Å². The highest BCUT2D eigenvalue weighted by Crippen LogP contribution is 2.32. The maximum Gasteiger partial charge on any atom is 0.225 e. The van der Waals surface area contributed by atoms with Gasteiger partial charge in [-0.15, -0.1) is 0 Å². The first kappa shape index (κ1) is 9.49. The van der Waals surface area contributed by atoms with E-state index in [9.17, 15) is 4.79 Å². The molecule has 1 aliphatic carbocycles. The van der Waals surface area contributed by atoms with Gasteiger partial charge in [-0.05, 0) is 12.8 Å². The number of carbonyl (C=O) groups excluding carboxylic acids is 1. The van der Waals surface area contributed by atoms with Gasteiger partial charge in [-0.2, -0.15) is 0 Å². The predicted molar refractivity (Wildman–Crippen MR) is 52.3 cm³/mol. The van der Waals surface area contributed by atoms with Crippen molar-refractivity contribution in [2.75, 3.05) is 13.1 Å². The molecule has 1 saturated heterocycles. The number of likely N-dealkylation sites (tertiary alicyclic amines) is 1. The first-order valence-corrected chi connectivity index (χ1v) is 5.22. The van der Waals surface area contributed by atoms with Crippen molar-refractivity contribution in [1.29, 1.82) is 0 Å². The molecule has 1 N–H and O–H groups in total. The lowest BCUT2D eigenvalue weighted by atomic mass is 9.97. The van der Waals surface area contributed by atoms with Gasteiger partial charge in [0.15, 0.2) is 0 Å². The van der Waals surface area contributed by atoms with Gasteiger partial charge in [0.1, 0.15) is 0 Å². The summed E-state index contributed by atoms with van der Waals surface area (Å²) in [6.45, 7) is 3.44. The van der Waals surface area contributed by atoms with E-state index in [2.05, 4.69) is 5.16 Å². The Kier molecular flexibility index (Phi) is 2.44. The number of nitrogens with zero attached hydrogens (tertiary/aromatic N) is 2. The molecule has 78 valence electrons. The SMILES string of the molecule is CC1CN(C(=O)C2CC2)CC/C1=N\O. The topological polar surface area (TPSA) is 52.9 Å². The normalized spacial score (nSPS) is 30.8. The number of amides is 1. The van der Waals surface area contributed by atoms with Crippen LogP contribution in [0.5, 0.6) is 0 Å². The van der Waals surface area contributed by atoms with Crippen LogP contribution in [0.1, 0.15) is 26.2 Å². The van der Waals surface area contributed by atoms with Crippen LogP contribution in [0.3, 0.4) is 0 Å². The Bertz CT molecular complexity index is 271. The van der Waals surface area contributed by atoms with Crippen LogP contribution < -0.4 is 0 Å². The zero-order valence-corrected chi connectivity index (χ0v) is 8.44. The fourth-order valence-electron chi connectivity index (χ4n) is 1.96. The molecule has 0 aromatic rings. The van der Waals surface area contributed by atoms with Gasteiger partial charge in [0.05, 0.1) is 5.71 Å². The summed E-state index contributed by atoms with van der Waals surface area (Å²) in [6, 6.07) is 0. The number of carbonyl (C=O) groups is 1. The summed E-state index contributed by atoms with van der Waals surface area (Å²) in [4.78, 5) is 13.6. The van der Waals surface area contributed by atoms with E-state index in [1.807, 2.05) is 11.8 Å². The van der Waals surface area contributed by atoms with Crippen molar-refractivity contribution in [2.24, 2.45) is 17.0 Å². The van der Waals surface area contributed by atoms with Crippen LogP contribution >= 0.6 is 0 Å². The summed E-state index contributed by atoms with van der Waals surface area (Å²) in [5, 5.41) is 12.0. The van der Waals surface area contributed by atoms with E-state index in [0.717, 1.165) is 31.5 Å². The molecule has 4 nitrogen and oxygen atoms in total. The summed E-state index contributed by atoms with van der Waals surface area (Å²) in [5.74, 6) is 0.806. The summed E-state index contributed by atoms with van der Waals surface area (Å²) < 4.78 is 0. The standard InChI is InChI=1S/C10H16N2O2/c1-7-6-12(5-4-9(7)11-14)10(13)8-2-3-8/h7-8,14H,2-6H2,1H3/b11-9+. The van der Waals surface area contributed by atoms with Crippen molar-refractivity contribution in [3.05, 3.63) is 0 Å². The largest absolute Gasteiger partial charge is 0.411 e. The number of oxime groups is 1. The third kappa shape index (κ3) is 1.74. The Hall–Kier alpha value is -1.06. The van der Waals surface area contributed by atoms with E-state index >= 15 is 0 Å². The second kappa shape index (κ2) is 3.59. The average Bonchev–Trinajstić information content (AvgIpc) is 3.00. The Morgan fingerprint density at radius 3 is 2.79 bits per heavy atom. The van der Waals surface area contributed by atoms with Gasteiger partial charge in [-0.1, -0.05) is 12.1 Å². The van der Waals surface area contributed by atoms with E-state index in [-0.39, 0.29) is 5.92 Å². The monoisotopic (exact) mass is 196 g/mol. The Balaban J connectivity index is 1.94. The van der Waals surface area contributed by atoms with Gasteiger partial charge in [0, 0.05) is 31.3 Å². The van der Waals surface area contributed by atoms with Gasteiger partial charge in [0.2, 0.25) is 5.91 Å². The molecule has 1 saturated carbocycles. The van der Waals surface area contributed by atoms with Crippen molar-refractivity contribution >= 4 is 11.6 Å². The summed E-state index contributed by atoms with van der Waals surface area (Å²) >= 11 is 0. The maximum absolute atomic E-state index is 11.7. The molecule has 0 aromatic carbocycles. The highest BCUT2D eigenvalue weighted by molar-refractivity contribution is 5.89. The number of hydrogen-bond donors (Lipinski definition) is 1. The van der Waals surface area contributed by atoms with Gasteiger partial charge in [-0.3, -0.25) is 4.79 Å². The lowest BCUT2D eigenvalue weighted by Gasteiger charge is -2.31. The van der Waals surface area contributed by atoms with Crippen LogP contribution in [0, 0.1) is 11.8 Å². The van der Waals surface area contributed by atoms with E-state index in [4.69, 9.17) is 5.21 Å². The minimum Gasteiger partial charge on any atom is -0.411 e. The number of rotatable bonds is 1. The lowest BCUT2D eigenvalue weighted by molar-refractivity contribution is -0.133. The molecule has 1 unspecified atom stereocenters. The molecule has 1 amide bonds. The molecule has 14 heavy (non-hydrogen) atoms. The quantitative estimate of drug-likeness (QED) is 0.504. The number of hydrogen-bond acceptors (Lipinski definition) is 3. The summed E-state index contributed by atoms with van der Waals surface area (Å²) in [5.41, 5.74) is 0.824. The van der Waals surface area contributed by atoms with Gasteiger partial charge in [0.25, 0.3) is 0 Å². The zero-order chi connectivity index (χ0) is 10.1. The molecule has 0 aromatic heterocycles. The summed E-state index contributed by atoms with van der Waals surface area (Å²) in [6.07, 6.45) is 2.84. The van der Waals surface area contributed by atoms with Gasteiger partial charge >= 0.3 is 0 Å². The van der Waals surface area contributed by atoms with Crippen molar-refractivity contribution in [3.63, 3.8) is 0 Å². The molecule has 1 aliphatic heterocycles. The highest BCUT2D eigenvalue weighted by Gasteiger charge is 2.35. The maximum atomic E-state index is 11.7. The average molecular weight is 196 g/mol. The van der Waals surface area contributed by atoms with Gasteiger partial charge in [-0.25, -0.2) is 0 Å². The van der Waals surface area contributed by atoms with Crippen LogP contribution in [0.25, 0.3) is 0 Å². The van der Waals surface area contributed by atoms with Crippen molar-refractivity contribution in [3.8, 4) is 0 Å². The smallest absolute Gasteiger partial charge is 0.225 e. The third-order valence-corrected chi connectivity index (χ3v) is 3.07. The fourth-order valence-corrected chi connectivity index (χ4v) is 1.96. The number of piperidine rings is 1. The lowest BCUT2D eigenvalue weighted by Crippen LogP contribution is -2.43. The van der Waals surface area contributed by atoms with Gasteiger partial charge < -0.3 is 10.1 Å². The first-order valence-electron chi connectivity index (χ1n) is 5.22. The minimum atomic E-state index is 0.205. The molecule has 0 radical (unpaired) electrons. The van der Waals surface area contributed by atoms with E-state index < -0.39 is 0 Å². The van der Waals surface area contributed by atoms with Crippen LogP contribution in [0.15, 0.2) is 5.16 Å². The zero-order valence-electron chi connectivity index (χ0n) is 8.44. The van der Waals surface area contributed by atoms with Crippen molar-refractivity contribution in [1.82, 2.24) is 4.90 Å².